The zero-order chi connectivity index (χ0) is 20.7. The van der Waals surface area contributed by atoms with Crippen LogP contribution in [0.15, 0.2) is 23.2 Å². The van der Waals surface area contributed by atoms with Crippen LogP contribution >= 0.6 is 0 Å². The fourth-order valence-electron chi connectivity index (χ4n) is 4.04. The molecule has 0 aromatic carbocycles. The van der Waals surface area contributed by atoms with Crippen molar-refractivity contribution in [3.63, 3.8) is 0 Å². The van der Waals surface area contributed by atoms with Crippen molar-refractivity contribution in [2.24, 2.45) is 5.92 Å². The molecule has 8 nitrogen and oxygen atoms in total. The van der Waals surface area contributed by atoms with E-state index in [1.54, 1.807) is 12.1 Å². The van der Waals surface area contributed by atoms with Gasteiger partial charge < -0.3 is 14.8 Å². The summed E-state index contributed by atoms with van der Waals surface area (Å²) in [7, 11) is -3.54. The van der Waals surface area contributed by atoms with Crippen LogP contribution in [0.1, 0.15) is 33.1 Å². The smallest absolute Gasteiger partial charge is 0.242 e. The molecule has 0 amide bonds. The number of aromatic nitrogens is 1. The van der Waals surface area contributed by atoms with Gasteiger partial charge in [0.2, 0.25) is 10.0 Å². The molecule has 9 heteroatoms. The molecule has 0 saturated carbocycles. The molecule has 29 heavy (non-hydrogen) atoms. The zero-order valence-corrected chi connectivity index (χ0v) is 18.3. The highest BCUT2D eigenvalue weighted by molar-refractivity contribution is 7.89. The van der Waals surface area contributed by atoms with E-state index in [1.165, 1.54) is 6.20 Å². The second-order valence-electron chi connectivity index (χ2n) is 7.91. The van der Waals surface area contributed by atoms with Crippen LogP contribution in [-0.4, -0.2) is 76.4 Å². The monoisotopic (exact) mass is 426 g/mol. The summed E-state index contributed by atoms with van der Waals surface area (Å²) in [5.74, 6) is 1.17. The van der Waals surface area contributed by atoms with Crippen LogP contribution in [0.3, 0.4) is 0 Å². The lowest BCUT2D eigenvalue weighted by Gasteiger charge is -2.37. The molecule has 2 saturated heterocycles. The lowest BCUT2D eigenvalue weighted by Crippen LogP contribution is -2.50. The van der Waals surface area contributed by atoms with Crippen molar-refractivity contribution >= 4 is 15.8 Å². The predicted molar refractivity (Wildman–Crippen MR) is 113 cm³/mol. The van der Waals surface area contributed by atoms with E-state index in [0.29, 0.717) is 17.8 Å². The molecule has 1 aromatic heterocycles. The van der Waals surface area contributed by atoms with Gasteiger partial charge in [0.1, 0.15) is 10.7 Å². The molecule has 0 radical (unpaired) electrons. The van der Waals surface area contributed by atoms with Crippen molar-refractivity contribution in [3.05, 3.63) is 18.3 Å². The first-order chi connectivity index (χ1) is 14.0. The quantitative estimate of drug-likeness (QED) is 0.588. The number of anilines is 1. The zero-order valence-electron chi connectivity index (χ0n) is 17.5. The molecule has 3 atom stereocenters. The number of rotatable bonds is 10. The minimum Gasteiger partial charge on any atom is -0.381 e. The van der Waals surface area contributed by atoms with Gasteiger partial charge in [-0.05, 0) is 31.9 Å². The molecule has 0 spiro atoms. The molecule has 3 rings (SSSR count). The number of hydrogen-bond donors (Lipinski definition) is 2. The molecule has 2 fully saturated rings. The third-order valence-electron chi connectivity index (χ3n) is 5.64. The van der Waals surface area contributed by atoms with Crippen molar-refractivity contribution in [2.45, 2.75) is 50.1 Å². The van der Waals surface area contributed by atoms with Gasteiger partial charge in [0, 0.05) is 50.4 Å². The van der Waals surface area contributed by atoms with Crippen molar-refractivity contribution in [3.8, 4) is 0 Å². The van der Waals surface area contributed by atoms with Gasteiger partial charge >= 0.3 is 0 Å². The maximum absolute atomic E-state index is 12.5. The lowest BCUT2D eigenvalue weighted by atomic mass is 9.97. The number of nitrogens with one attached hydrogen (secondary N) is 2. The summed E-state index contributed by atoms with van der Waals surface area (Å²) in [6, 6.07) is 3.60. The molecule has 2 N–H and O–H groups in total. The third-order valence-corrected chi connectivity index (χ3v) is 7.22. The molecule has 2 aliphatic rings. The van der Waals surface area contributed by atoms with E-state index >= 15 is 0 Å². The molecular formula is C20H34N4O4S. The highest BCUT2D eigenvalue weighted by Crippen LogP contribution is 2.23. The van der Waals surface area contributed by atoms with Crippen molar-refractivity contribution < 1.29 is 17.9 Å². The largest absolute Gasteiger partial charge is 0.381 e. The maximum atomic E-state index is 12.5. The Bertz CT molecular complexity index is 717. The van der Waals surface area contributed by atoms with Crippen molar-refractivity contribution in [1.29, 1.82) is 0 Å². The summed E-state index contributed by atoms with van der Waals surface area (Å²) in [6.45, 7) is 9.65. The molecule has 0 aliphatic carbocycles. The Hall–Kier alpha value is -1.26. The summed E-state index contributed by atoms with van der Waals surface area (Å²) in [4.78, 5) is 7.00. The summed E-state index contributed by atoms with van der Waals surface area (Å²) in [5.41, 5.74) is 0. The van der Waals surface area contributed by atoms with Gasteiger partial charge in [-0.3, -0.25) is 4.90 Å². The second kappa shape index (κ2) is 10.7. The minimum absolute atomic E-state index is 0.0919. The van der Waals surface area contributed by atoms with Gasteiger partial charge in [0.05, 0.1) is 19.8 Å². The number of sulfonamides is 1. The fourth-order valence-corrected chi connectivity index (χ4v) is 5.26. The average Bonchev–Trinajstić information content (AvgIpc) is 3.24. The van der Waals surface area contributed by atoms with E-state index in [2.05, 4.69) is 19.9 Å². The molecule has 3 unspecified atom stereocenters. The number of ether oxygens (including phenoxy) is 2. The van der Waals surface area contributed by atoms with Crippen LogP contribution < -0.4 is 10.0 Å². The SMILES string of the molecule is CCCC(C)NS(=O)(=O)c1ccc(NCC(C2CCOC2)N2CCOCC2)nc1. The van der Waals surface area contributed by atoms with Crippen LogP contribution in [0.25, 0.3) is 0 Å². The van der Waals surface area contributed by atoms with Gasteiger partial charge in [0.25, 0.3) is 0 Å². The maximum Gasteiger partial charge on any atom is 0.242 e. The highest BCUT2D eigenvalue weighted by Gasteiger charge is 2.31. The molecule has 1 aromatic rings. The molecule has 2 aliphatic heterocycles. The molecular weight excluding hydrogens is 392 g/mol. The molecule has 164 valence electrons. The van der Waals surface area contributed by atoms with Gasteiger partial charge in [-0.25, -0.2) is 18.1 Å². The number of nitrogens with zero attached hydrogens (tertiary/aromatic N) is 2. The Morgan fingerprint density at radius 3 is 2.66 bits per heavy atom. The average molecular weight is 427 g/mol. The van der Waals surface area contributed by atoms with E-state index in [0.717, 1.165) is 65.3 Å². The first-order valence-corrected chi connectivity index (χ1v) is 12.1. The van der Waals surface area contributed by atoms with E-state index in [1.807, 2.05) is 13.8 Å². The Kier molecular flexibility index (Phi) is 8.25. The van der Waals surface area contributed by atoms with E-state index < -0.39 is 10.0 Å². The van der Waals surface area contributed by atoms with E-state index in [4.69, 9.17) is 9.47 Å². The molecule has 3 heterocycles. The van der Waals surface area contributed by atoms with Crippen molar-refractivity contribution in [2.75, 3.05) is 51.4 Å². The Morgan fingerprint density at radius 1 is 1.24 bits per heavy atom. The standard InChI is InChI=1S/C20H34N4O4S/c1-3-4-16(2)23-29(25,26)18-5-6-20(21-13-18)22-14-19(17-7-10-28-15-17)24-8-11-27-12-9-24/h5-6,13,16-17,19,23H,3-4,7-12,14-15H2,1-2H3,(H,21,22). The van der Waals surface area contributed by atoms with Crippen molar-refractivity contribution in [1.82, 2.24) is 14.6 Å². The number of hydrogen-bond acceptors (Lipinski definition) is 7. The second-order valence-corrected chi connectivity index (χ2v) is 9.62. The normalized spacial score (nSPS) is 23.0. The first-order valence-electron chi connectivity index (χ1n) is 10.6. The third kappa shape index (κ3) is 6.36. The summed E-state index contributed by atoms with van der Waals surface area (Å²) >= 11 is 0. The van der Waals surface area contributed by atoms with Gasteiger partial charge in [-0.1, -0.05) is 13.3 Å². The van der Waals surface area contributed by atoms with Gasteiger partial charge in [-0.15, -0.1) is 0 Å². The van der Waals surface area contributed by atoms with Crippen LogP contribution in [-0.2, 0) is 19.5 Å². The fraction of sp³-hybridized carbons (Fsp3) is 0.750. The van der Waals surface area contributed by atoms with Crippen LogP contribution in [0.2, 0.25) is 0 Å². The van der Waals surface area contributed by atoms with Gasteiger partial charge in [0.15, 0.2) is 0 Å². The first kappa shape index (κ1) is 22.4. The summed E-state index contributed by atoms with van der Waals surface area (Å²) in [5, 5.41) is 3.39. The Balaban J connectivity index is 1.60. The van der Waals surface area contributed by atoms with Crippen LogP contribution in [0.5, 0.6) is 0 Å². The van der Waals surface area contributed by atoms with Gasteiger partial charge in [-0.2, -0.15) is 0 Å². The van der Waals surface area contributed by atoms with Crippen LogP contribution in [0.4, 0.5) is 5.82 Å². The molecule has 0 bridgehead atoms. The Morgan fingerprint density at radius 2 is 2.03 bits per heavy atom. The Labute approximate surface area is 174 Å². The highest BCUT2D eigenvalue weighted by atomic mass is 32.2. The number of morpholine rings is 1. The topological polar surface area (TPSA) is 92.8 Å². The van der Waals surface area contributed by atoms with E-state index in [9.17, 15) is 8.42 Å². The predicted octanol–water partition coefficient (Wildman–Crippen LogP) is 1.70. The summed E-state index contributed by atoms with van der Waals surface area (Å²) < 4.78 is 38.7. The minimum atomic E-state index is -3.54. The summed E-state index contributed by atoms with van der Waals surface area (Å²) in [6.07, 6.45) is 4.23. The lowest BCUT2D eigenvalue weighted by molar-refractivity contribution is 0.00460. The number of pyridine rings is 1. The van der Waals surface area contributed by atoms with E-state index in [-0.39, 0.29) is 10.9 Å². The van der Waals surface area contributed by atoms with Crippen LogP contribution in [0, 0.1) is 5.92 Å².